The van der Waals surface area contributed by atoms with Crippen molar-refractivity contribution in [2.75, 3.05) is 6.61 Å². The smallest absolute Gasteiger partial charge is 0.164 e. The molecule has 0 saturated heterocycles. The van der Waals surface area contributed by atoms with E-state index in [1.807, 2.05) is 0 Å². The molecule has 1 saturated carbocycles. The van der Waals surface area contributed by atoms with Gasteiger partial charge in [0.15, 0.2) is 11.6 Å². The molecule has 1 unspecified atom stereocenters. The molecule has 1 atom stereocenters. The van der Waals surface area contributed by atoms with Crippen LogP contribution in [0.25, 0.3) is 0 Å². The van der Waals surface area contributed by atoms with Gasteiger partial charge in [-0.2, -0.15) is 0 Å². The van der Waals surface area contributed by atoms with Gasteiger partial charge < -0.3 is 4.74 Å². The molecule has 0 N–H and O–H groups in total. The van der Waals surface area contributed by atoms with Gasteiger partial charge in [-0.05, 0) is 49.2 Å². The molecule has 1 nitrogen and oxygen atoms in total. The lowest BCUT2D eigenvalue weighted by molar-refractivity contribution is 0.0509. The van der Waals surface area contributed by atoms with Gasteiger partial charge in [-0.3, -0.25) is 0 Å². The Hall–Kier alpha value is -1.22. The molecular formula is C19H24F2O. The summed E-state index contributed by atoms with van der Waals surface area (Å²) in [4.78, 5) is 0. The van der Waals surface area contributed by atoms with Gasteiger partial charge in [-0.1, -0.05) is 38.0 Å². The molecule has 0 aromatic heterocycles. The topological polar surface area (TPSA) is 9.23 Å². The minimum Gasteiger partial charge on any atom is -0.369 e. The Morgan fingerprint density at radius 3 is 2.41 bits per heavy atom. The normalized spacial score (nSPS) is 29.3. The van der Waals surface area contributed by atoms with Crippen molar-refractivity contribution in [2.24, 2.45) is 11.8 Å². The summed E-state index contributed by atoms with van der Waals surface area (Å²) in [6.45, 7) is 4.44. The maximum absolute atomic E-state index is 14.1. The summed E-state index contributed by atoms with van der Waals surface area (Å²) >= 11 is 0. The molecule has 1 aromatic carbocycles. The number of benzene rings is 1. The first-order valence-electron chi connectivity index (χ1n) is 8.31. The summed E-state index contributed by atoms with van der Waals surface area (Å²) in [6, 6.07) is 3.28. The van der Waals surface area contributed by atoms with E-state index in [1.165, 1.54) is 31.3 Å². The van der Waals surface area contributed by atoms with Crippen LogP contribution in [0.4, 0.5) is 8.78 Å². The molecule has 0 amide bonds. The second-order valence-electron chi connectivity index (χ2n) is 6.87. The zero-order valence-corrected chi connectivity index (χ0v) is 13.4. The first-order chi connectivity index (χ1) is 10.6. The van der Waals surface area contributed by atoms with E-state index >= 15 is 0 Å². The third-order valence-electron chi connectivity index (χ3n) is 5.24. The van der Waals surface area contributed by atoms with Crippen molar-refractivity contribution >= 4 is 0 Å². The Bertz CT molecular complexity index is 571. The SMILES string of the molecule is Cc1ccc(C2CC=C(C3CCC(C)CC3)CO2)c(F)c1F. The Morgan fingerprint density at radius 1 is 1.05 bits per heavy atom. The van der Waals surface area contributed by atoms with Crippen molar-refractivity contribution in [3.8, 4) is 0 Å². The van der Waals surface area contributed by atoms with Crippen molar-refractivity contribution in [3.63, 3.8) is 0 Å². The summed E-state index contributed by atoms with van der Waals surface area (Å²) in [5, 5.41) is 0. The van der Waals surface area contributed by atoms with Crippen LogP contribution >= 0.6 is 0 Å². The van der Waals surface area contributed by atoms with E-state index < -0.39 is 11.6 Å². The van der Waals surface area contributed by atoms with Crippen LogP contribution in [-0.2, 0) is 4.74 Å². The van der Waals surface area contributed by atoms with E-state index in [9.17, 15) is 8.78 Å². The molecular weight excluding hydrogens is 282 g/mol. The lowest BCUT2D eigenvalue weighted by Gasteiger charge is -2.32. The average Bonchev–Trinajstić information content (AvgIpc) is 2.54. The monoisotopic (exact) mass is 306 g/mol. The lowest BCUT2D eigenvalue weighted by atomic mass is 9.78. The van der Waals surface area contributed by atoms with Crippen molar-refractivity contribution < 1.29 is 13.5 Å². The summed E-state index contributed by atoms with van der Waals surface area (Å²) in [7, 11) is 0. The van der Waals surface area contributed by atoms with Crippen LogP contribution in [0.3, 0.4) is 0 Å². The molecule has 1 aliphatic carbocycles. The van der Waals surface area contributed by atoms with E-state index in [-0.39, 0.29) is 6.10 Å². The first kappa shape index (κ1) is 15.7. The number of halogens is 2. The summed E-state index contributed by atoms with van der Waals surface area (Å²) in [5.74, 6) is -0.0547. The highest BCUT2D eigenvalue weighted by Gasteiger charge is 2.27. The van der Waals surface area contributed by atoms with Crippen LogP contribution in [0, 0.1) is 30.4 Å². The van der Waals surface area contributed by atoms with Crippen molar-refractivity contribution in [2.45, 2.75) is 52.1 Å². The Morgan fingerprint density at radius 2 is 1.77 bits per heavy atom. The fourth-order valence-corrected chi connectivity index (χ4v) is 3.62. The van der Waals surface area contributed by atoms with Crippen molar-refractivity contribution in [1.82, 2.24) is 0 Å². The van der Waals surface area contributed by atoms with Crippen LogP contribution in [-0.4, -0.2) is 6.61 Å². The molecule has 3 rings (SSSR count). The molecule has 22 heavy (non-hydrogen) atoms. The van der Waals surface area contributed by atoms with Crippen LogP contribution < -0.4 is 0 Å². The van der Waals surface area contributed by atoms with Gasteiger partial charge in [0.05, 0.1) is 12.7 Å². The zero-order valence-electron chi connectivity index (χ0n) is 13.4. The predicted octanol–water partition coefficient (Wildman–Crippen LogP) is 5.49. The number of rotatable bonds is 2. The molecule has 1 aromatic rings. The third-order valence-corrected chi connectivity index (χ3v) is 5.24. The Balaban J connectivity index is 1.70. The van der Waals surface area contributed by atoms with E-state index in [4.69, 9.17) is 4.74 Å². The second kappa shape index (κ2) is 6.49. The Labute approximate surface area is 131 Å². The number of ether oxygens (including phenoxy) is 1. The average molecular weight is 306 g/mol. The highest BCUT2D eigenvalue weighted by atomic mass is 19.2. The molecule has 2 aliphatic rings. The molecule has 1 heterocycles. The first-order valence-corrected chi connectivity index (χ1v) is 8.31. The molecule has 120 valence electrons. The molecule has 0 spiro atoms. The number of aryl methyl sites for hydroxylation is 1. The standard InChI is InChI=1S/C19H24F2O/c1-12-3-6-14(7-4-12)15-8-10-17(22-11-15)16-9-5-13(2)18(20)19(16)21/h5,8-9,12,14,17H,3-4,6-7,10-11H2,1-2H3. The van der Waals surface area contributed by atoms with Gasteiger partial charge in [0.2, 0.25) is 0 Å². The van der Waals surface area contributed by atoms with Crippen LogP contribution in [0.1, 0.15) is 56.3 Å². The Kier molecular flexibility index (Phi) is 4.62. The number of hydrogen-bond acceptors (Lipinski definition) is 1. The van der Waals surface area contributed by atoms with Crippen molar-refractivity contribution in [1.29, 1.82) is 0 Å². The highest BCUT2D eigenvalue weighted by Crippen LogP contribution is 2.37. The van der Waals surface area contributed by atoms with Gasteiger partial charge in [0.1, 0.15) is 0 Å². The maximum Gasteiger partial charge on any atom is 0.164 e. The van der Waals surface area contributed by atoms with E-state index in [0.29, 0.717) is 30.1 Å². The number of hydrogen-bond donors (Lipinski definition) is 0. The lowest BCUT2D eigenvalue weighted by Crippen LogP contribution is -2.21. The van der Waals surface area contributed by atoms with Crippen molar-refractivity contribution in [3.05, 3.63) is 46.5 Å². The largest absolute Gasteiger partial charge is 0.369 e. The molecule has 1 fully saturated rings. The van der Waals surface area contributed by atoms with E-state index in [0.717, 1.165) is 5.92 Å². The molecule has 0 bridgehead atoms. The predicted molar refractivity (Wildman–Crippen MR) is 83.6 cm³/mol. The summed E-state index contributed by atoms with van der Waals surface area (Å²) < 4.78 is 33.6. The molecule has 0 radical (unpaired) electrons. The molecule has 3 heteroatoms. The van der Waals surface area contributed by atoms with Gasteiger partial charge >= 0.3 is 0 Å². The quantitative estimate of drug-likeness (QED) is 0.657. The van der Waals surface area contributed by atoms with Crippen LogP contribution in [0.15, 0.2) is 23.8 Å². The molecule has 1 aliphatic heterocycles. The minimum atomic E-state index is -0.756. The third kappa shape index (κ3) is 3.10. The van der Waals surface area contributed by atoms with Gasteiger partial charge in [0.25, 0.3) is 0 Å². The van der Waals surface area contributed by atoms with Crippen LogP contribution in [0.2, 0.25) is 0 Å². The van der Waals surface area contributed by atoms with Gasteiger partial charge in [-0.25, -0.2) is 8.78 Å². The van der Waals surface area contributed by atoms with E-state index in [1.54, 1.807) is 19.1 Å². The van der Waals surface area contributed by atoms with E-state index in [2.05, 4.69) is 13.0 Å². The minimum absolute atomic E-state index is 0.338. The maximum atomic E-state index is 14.1. The van der Waals surface area contributed by atoms with Crippen LogP contribution in [0.5, 0.6) is 0 Å². The van der Waals surface area contributed by atoms with Gasteiger partial charge in [-0.15, -0.1) is 0 Å². The second-order valence-corrected chi connectivity index (χ2v) is 6.87. The highest BCUT2D eigenvalue weighted by molar-refractivity contribution is 5.28. The fourth-order valence-electron chi connectivity index (χ4n) is 3.62. The van der Waals surface area contributed by atoms with Gasteiger partial charge in [0, 0.05) is 5.56 Å². The summed E-state index contributed by atoms with van der Waals surface area (Å²) in [6.07, 6.45) is 7.50. The fraction of sp³-hybridized carbons (Fsp3) is 0.579. The summed E-state index contributed by atoms with van der Waals surface area (Å²) in [5.41, 5.74) is 2.04. The zero-order chi connectivity index (χ0) is 15.7.